The van der Waals surface area contributed by atoms with E-state index in [0.29, 0.717) is 5.52 Å². The molecule has 0 amide bonds. The van der Waals surface area contributed by atoms with E-state index in [9.17, 15) is 13.2 Å². The highest BCUT2D eigenvalue weighted by molar-refractivity contribution is 5.67. The summed E-state index contributed by atoms with van der Waals surface area (Å²) < 4.78 is 37.9. The SMILES string of the molecule is Cc1cc2c(NCC(O)C(F)(F)F)nccn2n1. The zero-order valence-corrected chi connectivity index (χ0v) is 9.44. The van der Waals surface area contributed by atoms with Gasteiger partial charge in [0.2, 0.25) is 0 Å². The van der Waals surface area contributed by atoms with Crippen LogP contribution in [0.1, 0.15) is 5.69 Å². The molecule has 2 heterocycles. The highest BCUT2D eigenvalue weighted by atomic mass is 19.4. The number of halogens is 3. The maximum atomic E-state index is 12.1. The summed E-state index contributed by atoms with van der Waals surface area (Å²) in [5.41, 5.74) is 1.28. The van der Waals surface area contributed by atoms with E-state index in [1.54, 1.807) is 19.2 Å². The normalized spacial score (nSPS) is 13.8. The first-order chi connectivity index (χ1) is 8.38. The third-order valence-electron chi connectivity index (χ3n) is 2.35. The summed E-state index contributed by atoms with van der Waals surface area (Å²) in [6, 6.07) is 1.69. The predicted molar refractivity (Wildman–Crippen MR) is 58.3 cm³/mol. The maximum absolute atomic E-state index is 12.1. The largest absolute Gasteiger partial charge is 0.416 e. The number of hydrogen-bond acceptors (Lipinski definition) is 4. The van der Waals surface area contributed by atoms with Crippen molar-refractivity contribution in [1.29, 1.82) is 0 Å². The molecular formula is C10H11F3N4O. The molecule has 0 saturated heterocycles. The Balaban J connectivity index is 2.17. The molecule has 0 radical (unpaired) electrons. The molecule has 98 valence electrons. The molecule has 5 nitrogen and oxygen atoms in total. The Kier molecular flexibility index (Phi) is 3.12. The Morgan fingerprint density at radius 2 is 2.22 bits per heavy atom. The highest BCUT2D eigenvalue weighted by Crippen LogP contribution is 2.21. The summed E-state index contributed by atoms with van der Waals surface area (Å²) in [5, 5.41) is 15.5. The van der Waals surface area contributed by atoms with Crippen LogP contribution in [-0.4, -0.2) is 38.5 Å². The molecule has 0 bridgehead atoms. The lowest BCUT2D eigenvalue weighted by atomic mass is 10.3. The molecule has 2 aromatic rings. The lowest BCUT2D eigenvalue weighted by molar-refractivity contribution is -0.198. The number of aromatic nitrogens is 3. The summed E-state index contributed by atoms with van der Waals surface area (Å²) in [4.78, 5) is 3.92. The summed E-state index contributed by atoms with van der Waals surface area (Å²) >= 11 is 0. The number of nitrogens with zero attached hydrogens (tertiary/aromatic N) is 3. The number of rotatable bonds is 3. The van der Waals surface area contributed by atoms with Crippen LogP contribution in [0.3, 0.4) is 0 Å². The van der Waals surface area contributed by atoms with Crippen molar-refractivity contribution in [3.8, 4) is 0 Å². The van der Waals surface area contributed by atoms with Gasteiger partial charge < -0.3 is 10.4 Å². The van der Waals surface area contributed by atoms with Gasteiger partial charge in [-0.1, -0.05) is 0 Å². The Bertz CT molecular complexity index is 552. The van der Waals surface area contributed by atoms with Crippen molar-refractivity contribution in [2.45, 2.75) is 19.2 Å². The van der Waals surface area contributed by atoms with Gasteiger partial charge in [-0.05, 0) is 13.0 Å². The molecule has 0 aromatic carbocycles. The fourth-order valence-corrected chi connectivity index (χ4v) is 1.49. The zero-order valence-electron chi connectivity index (χ0n) is 9.44. The second-order valence-corrected chi connectivity index (χ2v) is 3.83. The molecule has 2 aromatic heterocycles. The maximum Gasteiger partial charge on any atom is 0.416 e. The number of aliphatic hydroxyl groups excluding tert-OH is 1. The van der Waals surface area contributed by atoms with Crippen molar-refractivity contribution >= 4 is 11.3 Å². The van der Waals surface area contributed by atoms with Crippen LogP contribution in [0.25, 0.3) is 5.52 Å². The third kappa shape index (κ3) is 2.53. The average molecular weight is 260 g/mol. The summed E-state index contributed by atoms with van der Waals surface area (Å²) in [5.74, 6) is 0.251. The Hall–Kier alpha value is -1.83. The third-order valence-corrected chi connectivity index (χ3v) is 2.35. The number of hydrogen-bond donors (Lipinski definition) is 2. The standard InChI is InChI=1S/C10H11F3N4O/c1-6-4-7-9(14-2-3-17(7)16-6)15-5-8(18)10(11,12)13/h2-4,8,18H,5H2,1H3,(H,14,15). The number of fused-ring (bicyclic) bond motifs is 1. The second kappa shape index (κ2) is 4.45. The Morgan fingerprint density at radius 3 is 2.89 bits per heavy atom. The van der Waals surface area contributed by atoms with Crippen LogP contribution in [0.5, 0.6) is 0 Å². The fourth-order valence-electron chi connectivity index (χ4n) is 1.49. The fraction of sp³-hybridized carbons (Fsp3) is 0.400. The van der Waals surface area contributed by atoms with Gasteiger partial charge in [-0.2, -0.15) is 18.3 Å². The highest BCUT2D eigenvalue weighted by Gasteiger charge is 2.37. The molecule has 2 rings (SSSR count). The van der Waals surface area contributed by atoms with E-state index in [1.165, 1.54) is 10.7 Å². The van der Waals surface area contributed by atoms with Gasteiger partial charge >= 0.3 is 6.18 Å². The summed E-state index contributed by atoms with van der Waals surface area (Å²) in [6.07, 6.45) is -4.06. The van der Waals surface area contributed by atoms with E-state index < -0.39 is 18.8 Å². The number of aryl methyl sites for hydroxylation is 1. The van der Waals surface area contributed by atoms with Crippen LogP contribution in [0, 0.1) is 6.92 Å². The van der Waals surface area contributed by atoms with Crippen molar-refractivity contribution < 1.29 is 18.3 Å². The van der Waals surface area contributed by atoms with Crippen LogP contribution in [0.2, 0.25) is 0 Å². The molecular weight excluding hydrogens is 249 g/mol. The van der Waals surface area contributed by atoms with Crippen LogP contribution < -0.4 is 5.32 Å². The molecule has 0 saturated carbocycles. The minimum absolute atomic E-state index is 0.251. The van der Waals surface area contributed by atoms with Gasteiger partial charge in [0, 0.05) is 12.4 Å². The van der Waals surface area contributed by atoms with Gasteiger partial charge in [-0.3, -0.25) is 0 Å². The van der Waals surface area contributed by atoms with E-state index in [1.807, 2.05) is 0 Å². The summed E-state index contributed by atoms with van der Waals surface area (Å²) in [6.45, 7) is 1.11. The first kappa shape index (κ1) is 12.6. The number of nitrogens with one attached hydrogen (secondary N) is 1. The Labute approximate surface area is 100 Å². The lowest BCUT2D eigenvalue weighted by Crippen LogP contribution is -2.35. The smallest absolute Gasteiger partial charge is 0.382 e. The van der Waals surface area contributed by atoms with Crippen LogP contribution in [0.15, 0.2) is 18.5 Å². The molecule has 2 N–H and O–H groups in total. The van der Waals surface area contributed by atoms with Crippen molar-refractivity contribution in [1.82, 2.24) is 14.6 Å². The van der Waals surface area contributed by atoms with E-state index >= 15 is 0 Å². The van der Waals surface area contributed by atoms with Gasteiger partial charge in [0.15, 0.2) is 11.9 Å². The molecule has 1 atom stereocenters. The molecule has 0 spiro atoms. The topological polar surface area (TPSA) is 62.5 Å². The van der Waals surface area contributed by atoms with Gasteiger partial charge in [-0.15, -0.1) is 0 Å². The summed E-state index contributed by atoms with van der Waals surface area (Å²) in [7, 11) is 0. The van der Waals surface area contributed by atoms with Gasteiger partial charge in [0.05, 0.1) is 12.2 Å². The Morgan fingerprint density at radius 1 is 1.50 bits per heavy atom. The molecule has 0 aliphatic rings. The first-order valence-corrected chi connectivity index (χ1v) is 5.17. The van der Waals surface area contributed by atoms with E-state index in [4.69, 9.17) is 5.11 Å². The predicted octanol–water partition coefficient (Wildman–Crippen LogP) is 1.37. The molecule has 0 aliphatic heterocycles. The zero-order chi connectivity index (χ0) is 13.3. The molecule has 0 fully saturated rings. The molecule has 1 unspecified atom stereocenters. The molecule has 18 heavy (non-hydrogen) atoms. The van der Waals surface area contributed by atoms with E-state index in [-0.39, 0.29) is 5.82 Å². The minimum atomic E-state index is -4.64. The van der Waals surface area contributed by atoms with Crippen molar-refractivity contribution in [3.05, 3.63) is 24.2 Å². The van der Waals surface area contributed by atoms with Crippen LogP contribution >= 0.6 is 0 Å². The number of anilines is 1. The van der Waals surface area contributed by atoms with Crippen molar-refractivity contribution in [2.24, 2.45) is 0 Å². The minimum Gasteiger partial charge on any atom is -0.382 e. The second-order valence-electron chi connectivity index (χ2n) is 3.83. The van der Waals surface area contributed by atoms with E-state index in [2.05, 4.69) is 15.4 Å². The van der Waals surface area contributed by atoms with E-state index in [0.717, 1.165) is 5.69 Å². The molecule has 8 heteroatoms. The first-order valence-electron chi connectivity index (χ1n) is 5.17. The van der Waals surface area contributed by atoms with Crippen molar-refractivity contribution in [3.63, 3.8) is 0 Å². The average Bonchev–Trinajstić information content (AvgIpc) is 2.65. The lowest BCUT2D eigenvalue weighted by Gasteiger charge is -2.15. The van der Waals surface area contributed by atoms with Crippen LogP contribution in [0.4, 0.5) is 19.0 Å². The van der Waals surface area contributed by atoms with Crippen molar-refractivity contribution in [2.75, 3.05) is 11.9 Å². The number of alkyl halides is 3. The quantitative estimate of drug-likeness (QED) is 0.875. The van der Waals surface area contributed by atoms with Gasteiger partial charge in [0.25, 0.3) is 0 Å². The van der Waals surface area contributed by atoms with Gasteiger partial charge in [0.1, 0.15) is 5.52 Å². The molecule has 0 aliphatic carbocycles. The number of aliphatic hydroxyl groups is 1. The van der Waals surface area contributed by atoms with Gasteiger partial charge in [-0.25, -0.2) is 9.50 Å². The van der Waals surface area contributed by atoms with Crippen LogP contribution in [-0.2, 0) is 0 Å². The monoisotopic (exact) mass is 260 g/mol.